The van der Waals surface area contributed by atoms with Gasteiger partial charge in [-0.3, -0.25) is 14.6 Å². The van der Waals surface area contributed by atoms with E-state index in [9.17, 15) is 22.8 Å². The second kappa shape index (κ2) is 7.88. The molecule has 11 heteroatoms. The number of hydrogen-bond acceptors (Lipinski definition) is 6. The monoisotopic (exact) mass is 420 g/mol. The molecule has 2 amide bonds. The molecule has 0 bridgehead atoms. The summed E-state index contributed by atoms with van der Waals surface area (Å²) in [6.45, 7) is 2.56. The van der Waals surface area contributed by atoms with Gasteiger partial charge in [0.05, 0.1) is 17.7 Å². The highest BCUT2D eigenvalue weighted by Crippen LogP contribution is 2.29. The molecule has 2 fully saturated rings. The third-order valence-corrected chi connectivity index (χ3v) is 5.29. The van der Waals surface area contributed by atoms with Gasteiger partial charge in [-0.25, -0.2) is 9.97 Å². The number of rotatable bonds is 3. The Labute approximate surface area is 170 Å². The van der Waals surface area contributed by atoms with Gasteiger partial charge in [-0.2, -0.15) is 13.2 Å². The van der Waals surface area contributed by atoms with Crippen molar-refractivity contribution in [2.45, 2.75) is 6.18 Å². The SMILES string of the molecule is O=C(c1cnccn1)N1CC(C(=O)N2CCN(c3ccc(C(F)(F)F)cn3)CC2)C1. The standard InChI is InChI=1S/C19H19F3N6O2/c20-19(21,22)14-1-2-16(25-9-14)26-5-7-27(8-6-26)17(29)13-11-28(12-13)18(30)15-10-23-3-4-24-15/h1-4,9-10,13H,5-8,11-12H2. The minimum Gasteiger partial charge on any atom is -0.353 e. The molecule has 158 valence electrons. The van der Waals surface area contributed by atoms with Crippen molar-refractivity contribution in [3.63, 3.8) is 0 Å². The molecule has 2 aliphatic rings. The summed E-state index contributed by atoms with van der Waals surface area (Å²) >= 11 is 0. The van der Waals surface area contributed by atoms with Crippen molar-refractivity contribution in [3.8, 4) is 0 Å². The number of piperazine rings is 1. The Morgan fingerprint density at radius 1 is 0.933 bits per heavy atom. The molecule has 2 aromatic rings. The van der Waals surface area contributed by atoms with Crippen LogP contribution in [0.15, 0.2) is 36.9 Å². The lowest BCUT2D eigenvalue weighted by Gasteiger charge is -2.42. The summed E-state index contributed by atoms with van der Waals surface area (Å²) in [5.74, 6) is -0.0515. The van der Waals surface area contributed by atoms with E-state index in [0.29, 0.717) is 45.1 Å². The van der Waals surface area contributed by atoms with Crippen LogP contribution >= 0.6 is 0 Å². The van der Waals surface area contributed by atoms with E-state index in [2.05, 4.69) is 15.0 Å². The minimum absolute atomic E-state index is 0.0155. The van der Waals surface area contributed by atoms with Crippen molar-refractivity contribution >= 4 is 17.6 Å². The van der Waals surface area contributed by atoms with Crippen LogP contribution in [-0.4, -0.2) is 75.8 Å². The van der Waals surface area contributed by atoms with Crippen molar-refractivity contribution < 1.29 is 22.8 Å². The van der Waals surface area contributed by atoms with Crippen molar-refractivity contribution in [2.75, 3.05) is 44.2 Å². The number of pyridine rings is 1. The van der Waals surface area contributed by atoms with E-state index < -0.39 is 11.7 Å². The normalized spacial score (nSPS) is 17.6. The van der Waals surface area contributed by atoms with Crippen LogP contribution in [0.1, 0.15) is 16.1 Å². The number of carbonyl (C=O) groups is 2. The molecule has 0 aromatic carbocycles. The molecule has 8 nitrogen and oxygen atoms in total. The van der Waals surface area contributed by atoms with E-state index in [-0.39, 0.29) is 23.4 Å². The third kappa shape index (κ3) is 4.05. The van der Waals surface area contributed by atoms with Crippen molar-refractivity contribution in [3.05, 3.63) is 48.2 Å². The molecule has 0 saturated carbocycles. The zero-order valence-corrected chi connectivity index (χ0v) is 15.9. The van der Waals surface area contributed by atoms with Crippen molar-refractivity contribution in [1.29, 1.82) is 0 Å². The number of hydrogen-bond donors (Lipinski definition) is 0. The molecule has 0 aliphatic carbocycles. The largest absolute Gasteiger partial charge is 0.417 e. The van der Waals surface area contributed by atoms with Crippen LogP contribution in [0.5, 0.6) is 0 Å². The number of amides is 2. The summed E-state index contributed by atoms with van der Waals surface area (Å²) in [6.07, 6.45) is 0.734. The second-order valence-electron chi connectivity index (χ2n) is 7.21. The Morgan fingerprint density at radius 2 is 1.67 bits per heavy atom. The van der Waals surface area contributed by atoms with Crippen LogP contribution in [-0.2, 0) is 11.0 Å². The minimum atomic E-state index is -4.41. The van der Waals surface area contributed by atoms with E-state index in [0.717, 1.165) is 12.3 Å². The lowest BCUT2D eigenvalue weighted by molar-refractivity contribution is -0.140. The van der Waals surface area contributed by atoms with E-state index in [1.807, 2.05) is 4.90 Å². The van der Waals surface area contributed by atoms with Gasteiger partial charge in [0.25, 0.3) is 5.91 Å². The number of halogens is 3. The maximum Gasteiger partial charge on any atom is 0.417 e. The topological polar surface area (TPSA) is 82.5 Å². The smallest absolute Gasteiger partial charge is 0.353 e. The molecule has 2 saturated heterocycles. The number of nitrogens with zero attached hydrogens (tertiary/aromatic N) is 6. The van der Waals surface area contributed by atoms with E-state index in [1.54, 1.807) is 9.80 Å². The Kier molecular flexibility index (Phi) is 5.27. The molecule has 0 atom stereocenters. The third-order valence-electron chi connectivity index (χ3n) is 5.29. The molecule has 0 radical (unpaired) electrons. The van der Waals surface area contributed by atoms with Gasteiger partial charge in [0.1, 0.15) is 11.5 Å². The van der Waals surface area contributed by atoms with E-state index in [1.165, 1.54) is 24.7 Å². The molecule has 0 N–H and O–H groups in total. The summed E-state index contributed by atoms with van der Waals surface area (Å²) in [6, 6.07) is 2.36. The first-order valence-electron chi connectivity index (χ1n) is 9.45. The molecular weight excluding hydrogens is 401 g/mol. The second-order valence-corrected chi connectivity index (χ2v) is 7.21. The van der Waals surface area contributed by atoms with Crippen LogP contribution in [0.2, 0.25) is 0 Å². The van der Waals surface area contributed by atoms with Crippen molar-refractivity contribution in [2.24, 2.45) is 5.92 Å². The number of aromatic nitrogens is 3. The van der Waals surface area contributed by atoms with Crippen molar-refractivity contribution in [1.82, 2.24) is 24.8 Å². The fourth-order valence-electron chi connectivity index (χ4n) is 3.53. The fourth-order valence-corrected chi connectivity index (χ4v) is 3.53. The Bertz CT molecular complexity index is 908. The van der Waals surface area contributed by atoms with Gasteiger partial charge in [0, 0.05) is 57.9 Å². The average molecular weight is 420 g/mol. The number of carbonyl (C=O) groups excluding carboxylic acids is 2. The first kappa shape index (κ1) is 20.0. The molecule has 0 spiro atoms. The molecule has 2 aromatic heterocycles. The van der Waals surface area contributed by atoms with E-state index in [4.69, 9.17) is 0 Å². The highest BCUT2D eigenvalue weighted by atomic mass is 19.4. The van der Waals surface area contributed by atoms with Crippen LogP contribution < -0.4 is 4.90 Å². The number of alkyl halides is 3. The quantitative estimate of drug-likeness (QED) is 0.745. The van der Waals surface area contributed by atoms with Gasteiger partial charge in [-0.15, -0.1) is 0 Å². The number of anilines is 1. The molecule has 30 heavy (non-hydrogen) atoms. The summed E-state index contributed by atoms with van der Waals surface area (Å²) in [4.78, 5) is 41.9. The Morgan fingerprint density at radius 3 is 2.23 bits per heavy atom. The fraction of sp³-hybridized carbons (Fsp3) is 0.421. The Balaban J connectivity index is 1.27. The highest BCUT2D eigenvalue weighted by Gasteiger charge is 2.39. The molecular formula is C19H19F3N6O2. The molecule has 0 unspecified atom stereocenters. The zero-order valence-electron chi connectivity index (χ0n) is 15.9. The zero-order chi connectivity index (χ0) is 21.3. The van der Waals surface area contributed by atoms with Crippen LogP contribution in [0.3, 0.4) is 0 Å². The summed E-state index contributed by atoms with van der Waals surface area (Å²) in [7, 11) is 0. The molecule has 4 rings (SSSR count). The van der Waals surface area contributed by atoms with Gasteiger partial charge in [-0.05, 0) is 12.1 Å². The predicted octanol–water partition coefficient (Wildman–Crippen LogP) is 1.31. The molecule has 2 aliphatic heterocycles. The van der Waals surface area contributed by atoms with Gasteiger partial charge in [0.2, 0.25) is 5.91 Å². The predicted molar refractivity (Wildman–Crippen MR) is 99.5 cm³/mol. The van der Waals surface area contributed by atoms with Gasteiger partial charge < -0.3 is 14.7 Å². The van der Waals surface area contributed by atoms with Crippen LogP contribution in [0, 0.1) is 5.92 Å². The van der Waals surface area contributed by atoms with Gasteiger partial charge in [-0.1, -0.05) is 0 Å². The summed E-state index contributed by atoms with van der Waals surface area (Å²) in [5.41, 5.74) is -0.535. The summed E-state index contributed by atoms with van der Waals surface area (Å²) < 4.78 is 38.0. The van der Waals surface area contributed by atoms with Crippen LogP contribution in [0.4, 0.5) is 19.0 Å². The van der Waals surface area contributed by atoms with Gasteiger partial charge in [0.15, 0.2) is 0 Å². The first-order chi connectivity index (χ1) is 14.3. The first-order valence-corrected chi connectivity index (χ1v) is 9.45. The summed E-state index contributed by atoms with van der Waals surface area (Å²) in [5, 5.41) is 0. The maximum absolute atomic E-state index is 12.7. The highest BCUT2D eigenvalue weighted by molar-refractivity contribution is 5.94. The van der Waals surface area contributed by atoms with E-state index >= 15 is 0 Å². The average Bonchev–Trinajstić information content (AvgIpc) is 2.73. The maximum atomic E-state index is 12.7. The van der Waals surface area contributed by atoms with Gasteiger partial charge >= 0.3 is 6.18 Å². The molecule has 4 heterocycles. The lowest BCUT2D eigenvalue weighted by Crippen LogP contribution is -2.59. The van der Waals surface area contributed by atoms with Crippen LogP contribution in [0.25, 0.3) is 0 Å². The Hall–Kier alpha value is -3.24. The lowest BCUT2D eigenvalue weighted by atomic mass is 9.97. The number of likely N-dealkylation sites (tertiary alicyclic amines) is 1.